The summed E-state index contributed by atoms with van der Waals surface area (Å²) in [5.41, 5.74) is 0.524. The molecule has 6 heteroatoms. The van der Waals surface area contributed by atoms with Gasteiger partial charge in [0.25, 0.3) is 0 Å². The third kappa shape index (κ3) is 3.00. The first kappa shape index (κ1) is 14.7. The SMILES string of the molecule is CCc1noc([C@@H]2CCC(=O)N(Cc3ccccc3F)C2)n1. The van der Waals surface area contributed by atoms with E-state index >= 15 is 0 Å². The number of halogens is 1. The van der Waals surface area contributed by atoms with Gasteiger partial charge in [-0.2, -0.15) is 4.98 Å². The molecule has 1 fully saturated rings. The zero-order valence-electron chi connectivity index (χ0n) is 12.5. The topological polar surface area (TPSA) is 59.2 Å². The van der Waals surface area contributed by atoms with Gasteiger partial charge in [0.1, 0.15) is 5.82 Å². The maximum Gasteiger partial charge on any atom is 0.231 e. The molecule has 1 aromatic carbocycles. The molecule has 0 saturated carbocycles. The van der Waals surface area contributed by atoms with E-state index in [-0.39, 0.29) is 24.2 Å². The lowest BCUT2D eigenvalue weighted by molar-refractivity contribution is -0.134. The molecule has 0 N–H and O–H groups in total. The van der Waals surface area contributed by atoms with Gasteiger partial charge < -0.3 is 9.42 Å². The second-order valence-corrected chi connectivity index (χ2v) is 5.50. The van der Waals surface area contributed by atoms with Gasteiger partial charge in [0, 0.05) is 31.5 Å². The lowest BCUT2D eigenvalue weighted by Gasteiger charge is -2.31. The Kier molecular flexibility index (Phi) is 4.18. The van der Waals surface area contributed by atoms with Crippen LogP contribution in [0.5, 0.6) is 0 Å². The van der Waals surface area contributed by atoms with E-state index in [0.29, 0.717) is 43.1 Å². The maximum atomic E-state index is 13.8. The second kappa shape index (κ2) is 6.25. The lowest BCUT2D eigenvalue weighted by atomic mass is 9.97. The molecular formula is C16H18FN3O2. The van der Waals surface area contributed by atoms with Gasteiger partial charge in [0.05, 0.1) is 5.92 Å². The Morgan fingerprint density at radius 3 is 2.95 bits per heavy atom. The van der Waals surface area contributed by atoms with Gasteiger partial charge in [-0.15, -0.1) is 0 Å². The zero-order chi connectivity index (χ0) is 15.5. The fraction of sp³-hybridized carbons (Fsp3) is 0.438. The molecule has 1 amide bonds. The fourth-order valence-corrected chi connectivity index (χ4v) is 2.68. The summed E-state index contributed by atoms with van der Waals surface area (Å²) in [7, 11) is 0. The van der Waals surface area contributed by atoms with E-state index in [1.54, 1.807) is 23.1 Å². The number of aromatic nitrogens is 2. The molecule has 0 spiro atoms. The molecule has 0 unspecified atom stereocenters. The van der Waals surface area contributed by atoms with Crippen molar-refractivity contribution in [1.29, 1.82) is 0 Å². The number of nitrogens with zero attached hydrogens (tertiary/aromatic N) is 3. The Hall–Kier alpha value is -2.24. The number of carbonyl (C=O) groups is 1. The minimum Gasteiger partial charge on any atom is -0.339 e. The molecule has 1 aliphatic rings. The van der Waals surface area contributed by atoms with Crippen molar-refractivity contribution < 1.29 is 13.7 Å². The highest BCUT2D eigenvalue weighted by Crippen LogP contribution is 2.27. The zero-order valence-corrected chi connectivity index (χ0v) is 12.5. The predicted molar refractivity (Wildman–Crippen MR) is 77.5 cm³/mol. The van der Waals surface area contributed by atoms with Crippen LogP contribution in [-0.4, -0.2) is 27.5 Å². The Labute approximate surface area is 128 Å². The molecule has 0 bridgehead atoms. The highest BCUT2D eigenvalue weighted by molar-refractivity contribution is 5.77. The average Bonchev–Trinajstić information content (AvgIpc) is 3.00. The molecule has 2 heterocycles. The summed E-state index contributed by atoms with van der Waals surface area (Å²) in [6.45, 7) is 2.72. The molecule has 3 rings (SSSR count). The van der Waals surface area contributed by atoms with Crippen molar-refractivity contribution in [1.82, 2.24) is 15.0 Å². The number of amides is 1. The van der Waals surface area contributed by atoms with Crippen LogP contribution in [0.1, 0.15) is 43.0 Å². The van der Waals surface area contributed by atoms with Crippen LogP contribution in [0, 0.1) is 5.82 Å². The summed E-state index contributed by atoms with van der Waals surface area (Å²) in [5, 5.41) is 3.90. The third-order valence-electron chi connectivity index (χ3n) is 3.97. The smallest absolute Gasteiger partial charge is 0.231 e. The normalized spacial score (nSPS) is 18.7. The Morgan fingerprint density at radius 2 is 2.23 bits per heavy atom. The highest BCUT2D eigenvalue weighted by atomic mass is 19.1. The quantitative estimate of drug-likeness (QED) is 0.871. The number of piperidine rings is 1. The van der Waals surface area contributed by atoms with Gasteiger partial charge in [-0.05, 0) is 12.5 Å². The van der Waals surface area contributed by atoms with E-state index in [1.165, 1.54) is 6.07 Å². The van der Waals surface area contributed by atoms with E-state index in [9.17, 15) is 9.18 Å². The van der Waals surface area contributed by atoms with Gasteiger partial charge in [-0.3, -0.25) is 4.79 Å². The van der Waals surface area contributed by atoms with E-state index in [4.69, 9.17) is 4.52 Å². The molecular weight excluding hydrogens is 285 g/mol. The van der Waals surface area contributed by atoms with Gasteiger partial charge in [-0.25, -0.2) is 4.39 Å². The third-order valence-corrected chi connectivity index (χ3v) is 3.97. The number of aryl methyl sites for hydroxylation is 1. The molecule has 1 saturated heterocycles. The molecule has 2 aromatic rings. The number of hydrogen-bond acceptors (Lipinski definition) is 4. The van der Waals surface area contributed by atoms with Crippen LogP contribution < -0.4 is 0 Å². The molecule has 1 aromatic heterocycles. The number of carbonyl (C=O) groups excluding carboxylic acids is 1. The van der Waals surface area contributed by atoms with Gasteiger partial charge in [0.15, 0.2) is 5.82 Å². The summed E-state index contributed by atoms with van der Waals surface area (Å²) in [6.07, 6.45) is 1.83. The number of benzene rings is 1. The van der Waals surface area contributed by atoms with Crippen LogP contribution in [0.3, 0.4) is 0 Å². The molecule has 116 valence electrons. The summed E-state index contributed by atoms with van der Waals surface area (Å²) in [6, 6.07) is 6.53. The van der Waals surface area contributed by atoms with Crippen LogP contribution in [0.15, 0.2) is 28.8 Å². The average molecular weight is 303 g/mol. The lowest BCUT2D eigenvalue weighted by Crippen LogP contribution is -2.38. The van der Waals surface area contributed by atoms with Crippen LogP contribution in [0.25, 0.3) is 0 Å². The first-order valence-corrected chi connectivity index (χ1v) is 7.51. The van der Waals surface area contributed by atoms with Crippen molar-refractivity contribution in [3.63, 3.8) is 0 Å². The van der Waals surface area contributed by atoms with Crippen molar-refractivity contribution >= 4 is 5.91 Å². The number of hydrogen-bond donors (Lipinski definition) is 0. The van der Waals surface area contributed by atoms with E-state index in [2.05, 4.69) is 10.1 Å². The molecule has 5 nitrogen and oxygen atoms in total. The first-order valence-electron chi connectivity index (χ1n) is 7.51. The summed E-state index contributed by atoms with van der Waals surface area (Å²) >= 11 is 0. The standard InChI is InChI=1S/C16H18FN3O2/c1-2-14-18-16(22-19-14)12-7-8-15(21)20(10-12)9-11-5-3-4-6-13(11)17/h3-6,12H,2,7-10H2,1H3/t12-/m1/s1. The van der Waals surface area contributed by atoms with Crippen molar-refractivity contribution in [2.24, 2.45) is 0 Å². The summed E-state index contributed by atoms with van der Waals surface area (Å²) < 4.78 is 19.0. The predicted octanol–water partition coefficient (Wildman–Crippen LogP) is 2.68. The second-order valence-electron chi connectivity index (χ2n) is 5.50. The summed E-state index contributed by atoms with van der Waals surface area (Å²) in [4.78, 5) is 18.1. The molecule has 0 aliphatic carbocycles. The van der Waals surface area contributed by atoms with E-state index in [1.807, 2.05) is 6.92 Å². The van der Waals surface area contributed by atoms with Crippen LogP contribution in [0.2, 0.25) is 0 Å². The number of rotatable bonds is 4. The summed E-state index contributed by atoms with van der Waals surface area (Å²) in [5.74, 6) is 1.02. The van der Waals surface area contributed by atoms with Crippen LogP contribution >= 0.6 is 0 Å². The molecule has 1 aliphatic heterocycles. The van der Waals surface area contributed by atoms with Crippen molar-refractivity contribution in [3.8, 4) is 0 Å². The van der Waals surface area contributed by atoms with Crippen molar-refractivity contribution in [2.75, 3.05) is 6.54 Å². The first-order chi connectivity index (χ1) is 10.7. The van der Waals surface area contributed by atoms with Crippen molar-refractivity contribution in [3.05, 3.63) is 47.4 Å². The van der Waals surface area contributed by atoms with Crippen LogP contribution in [-0.2, 0) is 17.8 Å². The Balaban J connectivity index is 1.73. The molecule has 0 radical (unpaired) electrons. The molecule has 1 atom stereocenters. The fourth-order valence-electron chi connectivity index (χ4n) is 2.68. The highest BCUT2D eigenvalue weighted by Gasteiger charge is 2.30. The number of likely N-dealkylation sites (tertiary alicyclic amines) is 1. The van der Waals surface area contributed by atoms with Gasteiger partial charge in [0.2, 0.25) is 11.8 Å². The van der Waals surface area contributed by atoms with Gasteiger partial charge in [-0.1, -0.05) is 30.3 Å². The largest absolute Gasteiger partial charge is 0.339 e. The monoisotopic (exact) mass is 303 g/mol. The van der Waals surface area contributed by atoms with Crippen LogP contribution in [0.4, 0.5) is 4.39 Å². The van der Waals surface area contributed by atoms with Crippen molar-refractivity contribution in [2.45, 2.75) is 38.6 Å². The maximum absolute atomic E-state index is 13.8. The Bertz CT molecular complexity index is 671. The van der Waals surface area contributed by atoms with E-state index in [0.717, 1.165) is 0 Å². The van der Waals surface area contributed by atoms with Gasteiger partial charge >= 0.3 is 0 Å². The molecule has 22 heavy (non-hydrogen) atoms. The Morgan fingerprint density at radius 1 is 1.41 bits per heavy atom. The van der Waals surface area contributed by atoms with E-state index < -0.39 is 0 Å². The minimum atomic E-state index is -0.288. The minimum absolute atomic E-state index is 0.0253.